The van der Waals surface area contributed by atoms with E-state index in [9.17, 15) is 0 Å². The Morgan fingerprint density at radius 3 is 3.36 bits per heavy atom. The van der Waals surface area contributed by atoms with E-state index in [0.29, 0.717) is 11.9 Å². The second kappa shape index (κ2) is 5.07. The molecule has 2 rings (SSSR count). The van der Waals surface area contributed by atoms with Crippen molar-refractivity contribution >= 4 is 22.9 Å². The quantitative estimate of drug-likeness (QED) is 0.740. The molecule has 78 valence electrons. The van der Waals surface area contributed by atoms with Crippen LogP contribution in [0.1, 0.15) is 4.88 Å². The average Bonchev–Trinajstić information content (AvgIpc) is 2.71. The zero-order valence-corrected chi connectivity index (χ0v) is 9.43. The summed E-state index contributed by atoms with van der Waals surface area (Å²) in [4.78, 5) is 7.72. The van der Waals surface area contributed by atoms with Crippen LogP contribution in [0, 0.1) is 0 Å². The highest BCUT2D eigenvalue weighted by Crippen LogP contribution is 2.15. The highest BCUT2D eigenvalue weighted by atomic mass is 35.5. The molecule has 14 heavy (non-hydrogen) atoms. The lowest BCUT2D eigenvalue weighted by molar-refractivity contribution is -0.00260. The standard InChI is InChI=1S/C9H13ClN2OS/c10-3-8-6-13-2-1-12(8)5-9-4-11-7-14-9/h4,7-8H,1-3,5-6H2. The number of halogens is 1. The molecular weight excluding hydrogens is 220 g/mol. The normalized spacial score (nSPS) is 23.9. The van der Waals surface area contributed by atoms with Crippen LogP contribution in [0.15, 0.2) is 11.7 Å². The van der Waals surface area contributed by atoms with Gasteiger partial charge in [-0.15, -0.1) is 22.9 Å². The molecule has 0 spiro atoms. The maximum atomic E-state index is 5.88. The fourth-order valence-electron chi connectivity index (χ4n) is 1.56. The lowest BCUT2D eigenvalue weighted by atomic mass is 10.2. The van der Waals surface area contributed by atoms with Gasteiger partial charge in [-0.3, -0.25) is 9.88 Å². The first kappa shape index (κ1) is 10.4. The van der Waals surface area contributed by atoms with Crippen LogP contribution < -0.4 is 0 Å². The maximum absolute atomic E-state index is 5.88. The Morgan fingerprint density at radius 1 is 1.71 bits per heavy atom. The van der Waals surface area contributed by atoms with Crippen LogP contribution in [-0.2, 0) is 11.3 Å². The number of hydrogen-bond acceptors (Lipinski definition) is 4. The molecule has 0 bridgehead atoms. The minimum Gasteiger partial charge on any atom is -0.378 e. The number of alkyl halides is 1. The van der Waals surface area contributed by atoms with Gasteiger partial charge in [-0.25, -0.2) is 0 Å². The van der Waals surface area contributed by atoms with Gasteiger partial charge in [-0.2, -0.15) is 0 Å². The summed E-state index contributed by atoms with van der Waals surface area (Å²) >= 11 is 7.57. The molecule has 1 aliphatic heterocycles. The number of thiazole rings is 1. The first-order valence-corrected chi connectivity index (χ1v) is 6.06. The molecule has 1 atom stereocenters. The van der Waals surface area contributed by atoms with Crippen LogP contribution in [0.4, 0.5) is 0 Å². The van der Waals surface area contributed by atoms with Crippen molar-refractivity contribution in [2.75, 3.05) is 25.6 Å². The summed E-state index contributed by atoms with van der Waals surface area (Å²) in [6.45, 7) is 3.48. The second-order valence-corrected chi connectivity index (χ2v) is 4.60. The van der Waals surface area contributed by atoms with Crippen LogP contribution in [-0.4, -0.2) is 41.6 Å². The predicted molar refractivity (Wildman–Crippen MR) is 57.9 cm³/mol. The molecule has 1 aliphatic rings. The largest absolute Gasteiger partial charge is 0.378 e. The van der Waals surface area contributed by atoms with Crippen molar-refractivity contribution in [2.24, 2.45) is 0 Å². The highest BCUT2D eigenvalue weighted by molar-refractivity contribution is 7.09. The molecule has 1 aromatic heterocycles. The summed E-state index contributed by atoms with van der Waals surface area (Å²) < 4.78 is 5.38. The molecule has 0 aliphatic carbocycles. The van der Waals surface area contributed by atoms with E-state index in [0.717, 1.165) is 26.3 Å². The zero-order valence-electron chi connectivity index (χ0n) is 7.86. The van der Waals surface area contributed by atoms with Crippen molar-refractivity contribution in [2.45, 2.75) is 12.6 Å². The van der Waals surface area contributed by atoms with Crippen LogP contribution in [0.3, 0.4) is 0 Å². The lowest BCUT2D eigenvalue weighted by Crippen LogP contribution is -2.45. The molecule has 0 amide bonds. The van der Waals surface area contributed by atoms with Gasteiger partial charge in [0, 0.05) is 36.1 Å². The van der Waals surface area contributed by atoms with E-state index >= 15 is 0 Å². The summed E-state index contributed by atoms with van der Waals surface area (Å²) in [7, 11) is 0. The molecule has 0 radical (unpaired) electrons. The Kier molecular flexibility index (Phi) is 3.75. The minimum atomic E-state index is 0.354. The van der Waals surface area contributed by atoms with E-state index < -0.39 is 0 Å². The summed E-state index contributed by atoms with van der Waals surface area (Å²) in [5.74, 6) is 0.638. The van der Waals surface area contributed by atoms with E-state index in [4.69, 9.17) is 16.3 Å². The first-order valence-electron chi connectivity index (χ1n) is 4.65. The summed E-state index contributed by atoms with van der Waals surface area (Å²) in [6, 6.07) is 0.354. The Bertz CT molecular complexity index is 268. The SMILES string of the molecule is ClCC1COCCN1Cc1cncs1. The third-order valence-corrected chi connectivity index (χ3v) is 3.49. The topological polar surface area (TPSA) is 25.4 Å². The third-order valence-electron chi connectivity index (χ3n) is 2.37. The summed E-state index contributed by atoms with van der Waals surface area (Å²) in [6.07, 6.45) is 1.92. The van der Waals surface area contributed by atoms with Gasteiger partial charge >= 0.3 is 0 Å². The zero-order chi connectivity index (χ0) is 9.80. The molecule has 0 aromatic carbocycles. The van der Waals surface area contributed by atoms with Crippen molar-refractivity contribution in [3.8, 4) is 0 Å². The van der Waals surface area contributed by atoms with Crippen molar-refractivity contribution in [3.63, 3.8) is 0 Å². The number of nitrogens with zero attached hydrogens (tertiary/aromatic N) is 2. The van der Waals surface area contributed by atoms with Gasteiger partial charge in [0.2, 0.25) is 0 Å². The number of ether oxygens (including phenoxy) is 1. The number of morpholine rings is 1. The predicted octanol–water partition coefficient (Wildman–Crippen LogP) is 1.58. The molecule has 3 nitrogen and oxygen atoms in total. The Labute approximate surface area is 92.7 Å². The van der Waals surface area contributed by atoms with Gasteiger partial charge in [0.25, 0.3) is 0 Å². The average molecular weight is 233 g/mol. The van der Waals surface area contributed by atoms with E-state index in [1.807, 2.05) is 11.7 Å². The van der Waals surface area contributed by atoms with Crippen molar-refractivity contribution < 1.29 is 4.74 Å². The van der Waals surface area contributed by atoms with Gasteiger partial charge in [0.1, 0.15) is 0 Å². The molecule has 2 heterocycles. The lowest BCUT2D eigenvalue weighted by Gasteiger charge is -2.33. The van der Waals surface area contributed by atoms with Gasteiger partial charge in [-0.05, 0) is 0 Å². The van der Waals surface area contributed by atoms with Crippen LogP contribution in [0.2, 0.25) is 0 Å². The van der Waals surface area contributed by atoms with Gasteiger partial charge < -0.3 is 4.74 Å². The Morgan fingerprint density at radius 2 is 2.64 bits per heavy atom. The van der Waals surface area contributed by atoms with E-state index in [-0.39, 0.29) is 0 Å². The van der Waals surface area contributed by atoms with E-state index in [2.05, 4.69) is 9.88 Å². The molecule has 1 saturated heterocycles. The monoisotopic (exact) mass is 232 g/mol. The molecule has 5 heteroatoms. The molecule has 1 fully saturated rings. The Hall–Kier alpha value is -0.160. The van der Waals surface area contributed by atoms with E-state index in [1.54, 1.807) is 11.3 Å². The minimum absolute atomic E-state index is 0.354. The number of hydrogen-bond donors (Lipinski definition) is 0. The van der Waals surface area contributed by atoms with Crippen molar-refractivity contribution in [3.05, 3.63) is 16.6 Å². The van der Waals surface area contributed by atoms with Gasteiger partial charge in [-0.1, -0.05) is 0 Å². The molecule has 1 unspecified atom stereocenters. The fourth-order valence-corrected chi connectivity index (χ4v) is 2.46. The molecular formula is C9H13ClN2OS. The second-order valence-electron chi connectivity index (χ2n) is 3.32. The summed E-state index contributed by atoms with van der Waals surface area (Å²) in [5.41, 5.74) is 1.87. The highest BCUT2D eigenvalue weighted by Gasteiger charge is 2.22. The smallest absolute Gasteiger partial charge is 0.0794 e. The van der Waals surface area contributed by atoms with Crippen LogP contribution >= 0.6 is 22.9 Å². The maximum Gasteiger partial charge on any atom is 0.0794 e. The fraction of sp³-hybridized carbons (Fsp3) is 0.667. The van der Waals surface area contributed by atoms with Crippen LogP contribution in [0.25, 0.3) is 0 Å². The summed E-state index contributed by atoms with van der Waals surface area (Å²) in [5, 5.41) is 0. The van der Waals surface area contributed by atoms with Gasteiger partial charge in [0.05, 0.1) is 18.7 Å². The number of rotatable bonds is 3. The van der Waals surface area contributed by atoms with E-state index in [1.165, 1.54) is 4.88 Å². The first-order chi connectivity index (χ1) is 6.90. The number of aromatic nitrogens is 1. The third kappa shape index (κ3) is 2.45. The molecule has 1 aromatic rings. The Balaban J connectivity index is 1.94. The van der Waals surface area contributed by atoms with Gasteiger partial charge in [0.15, 0.2) is 0 Å². The molecule has 0 saturated carbocycles. The molecule has 0 N–H and O–H groups in total. The van der Waals surface area contributed by atoms with Crippen molar-refractivity contribution in [1.82, 2.24) is 9.88 Å². The van der Waals surface area contributed by atoms with Crippen molar-refractivity contribution in [1.29, 1.82) is 0 Å². The van der Waals surface area contributed by atoms with Crippen LogP contribution in [0.5, 0.6) is 0 Å².